The molecule has 2 unspecified atom stereocenters. The third-order valence-corrected chi connectivity index (χ3v) is 3.08. The summed E-state index contributed by atoms with van der Waals surface area (Å²) in [5, 5.41) is 9.69. The number of nitrogens with zero attached hydrogens (tertiary/aromatic N) is 1. The monoisotopic (exact) mass is 213 g/mol. The molecule has 1 saturated heterocycles. The first-order valence-electron chi connectivity index (χ1n) is 5.54. The molecule has 2 fully saturated rings. The lowest BCUT2D eigenvalue weighted by Crippen LogP contribution is -2.46. The van der Waals surface area contributed by atoms with Gasteiger partial charge in [0.05, 0.1) is 12.1 Å². The van der Waals surface area contributed by atoms with Crippen LogP contribution in [0.2, 0.25) is 0 Å². The predicted molar refractivity (Wildman–Crippen MR) is 55.5 cm³/mol. The van der Waals surface area contributed by atoms with E-state index in [1.165, 1.54) is 0 Å². The highest BCUT2D eigenvalue weighted by Crippen LogP contribution is 2.38. The second-order valence-corrected chi connectivity index (χ2v) is 5.60. The summed E-state index contributed by atoms with van der Waals surface area (Å²) >= 11 is 0. The predicted octanol–water partition coefficient (Wildman–Crippen LogP) is 1.38. The fourth-order valence-electron chi connectivity index (χ4n) is 2.52. The molecule has 2 bridgehead atoms. The molecule has 1 heterocycles. The van der Waals surface area contributed by atoms with Gasteiger partial charge >= 0.3 is 6.09 Å². The smallest absolute Gasteiger partial charge is 0.410 e. The summed E-state index contributed by atoms with van der Waals surface area (Å²) in [6, 6.07) is -0.00940. The Labute approximate surface area is 90.2 Å². The van der Waals surface area contributed by atoms with Gasteiger partial charge in [-0.25, -0.2) is 4.79 Å². The number of carbonyl (C=O) groups excluding carboxylic acids is 1. The molecular weight excluding hydrogens is 194 g/mol. The van der Waals surface area contributed by atoms with Crippen LogP contribution in [0.5, 0.6) is 0 Å². The minimum Gasteiger partial charge on any atom is -0.444 e. The van der Waals surface area contributed by atoms with Gasteiger partial charge in [0.1, 0.15) is 5.60 Å². The molecular formula is C11H19NO3. The Bertz CT molecular complexity index is 271. The number of fused-ring (bicyclic) bond motifs is 2. The van der Waals surface area contributed by atoms with Crippen LogP contribution in [0.4, 0.5) is 4.79 Å². The Hall–Kier alpha value is -0.770. The summed E-state index contributed by atoms with van der Waals surface area (Å²) in [5.41, 5.74) is -0.454. The molecule has 4 heteroatoms. The van der Waals surface area contributed by atoms with Crippen molar-refractivity contribution in [2.75, 3.05) is 6.54 Å². The molecule has 0 spiro atoms. The van der Waals surface area contributed by atoms with Crippen molar-refractivity contribution in [2.24, 2.45) is 5.92 Å². The molecule has 1 amide bonds. The zero-order valence-corrected chi connectivity index (χ0v) is 9.56. The van der Waals surface area contributed by atoms with Gasteiger partial charge in [-0.1, -0.05) is 0 Å². The summed E-state index contributed by atoms with van der Waals surface area (Å²) in [4.78, 5) is 13.5. The molecule has 0 aromatic carbocycles. The second-order valence-electron chi connectivity index (χ2n) is 5.60. The van der Waals surface area contributed by atoms with Crippen LogP contribution in [0.15, 0.2) is 0 Å². The summed E-state index contributed by atoms with van der Waals surface area (Å²) in [6.45, 7) is 6.32. The van der Waals surface area contributed by atoms with Crippen LogP contribution in [0, 0.1) is 5.92 Å². The number of piperidine rings is 1. The fourth-order valence-corrected chi connectivity index (χ4v) is 2.52. The van der Waals surface area contributed by atoms with Gasteiger partial charge in [-0.15, -0.1) is 0 Å². The maximum absolute atomic E-state index is 11.8. The molecule has 2 aliphatic rings. The minimum atomic E-state index is -0.454. The van der Waals surface area contributed by atoms with Crippen LogP contribution < -0.4 is 0 Å². The van der Waals surface area contributed by atoms with Gasteiger partial charge in [-0.05, 0) is 39.5 Å². The maximum Gasteiger partial charge on any atom is 0.410 e. The molecule has 3 atom stereocenters. The Balaban J connectivity index is 1.98. The van der Waals surface area contributed by atoms with E-state index in [1.807, 2.05) is 20.8 Å². The lowest BCUT2D eigenvalue weighted by molar-refractivity contribution is -0.00176. The minimum absolute atomic E-state index is 0.00940. The van der Waals surface area contributed by atoms with Gasteiger partial charge in [0.25, 0.3) is 0 Å². The molecule has 0 aromatic heterocycles. The topological polar surface area (TPSA) is 49.8 Å². The van der Waals surface area contributed by atoms with Gasteiger partial charge in [0, 0.05) is 6.54 Å². The van der Waals surface area contributed by atoms with Crippen molar-refractivity contribution in [3.63, 3.8) is 0 Å². The van der Waals surface area contributed by atoms with Crippen molar-refractivity contribution in [2.45, 2.75) is 51.4 Å². The van der Waals surface area contributed by atoms with Crippen LogP contribution in [0.3, 0.4) is 0 Å². The van der Waals surface area contributed by atoms with Crippen molar-refractivity contribution < 1.29 is 14.6 Å². The standard InChI is InChI=1S/C11H19NO3/c1-11(2,3)15-10(14)12-6-7-4-8(12)9(13)5-7/h7-9,13H,4-6H2,1-3H3/t7?,8-,9?/m1/s1. The van der Waals surface area contributed by atoms with Crippen molar-refractivity contribution in [1.29, 1.82) is 0 Å². The van der Waals surface area contributed by atoms with E-state index in [2.05, 4.69) is 0 Å². The SMILES string of the molecule is CC(C)(C)OC(=O)N1CC2CC(O)[C@H]1C2. The van der Waals surface area contributed by atoms with E-state index in [1.54, 1.807) is 4.90 Å². The molecule has 15 heavy (non-hydrogen) atoms. The highest BCUT2D eigenvalue weighted by atomic mass is 16.6. The first kappa shape index (κ1) is 10.7. The highest BCUT2D eigenvalue weighted by molar-refractivity contribution is 5.69. The Morgan fingerprint density at radius 1 is 1.40 bits per heavy atom. The van der Waals surface area contributed by atoms with Gasteiger partial charge in [-0.3, -0.25) is 0 Å². The number of aliphatic hydroxyl groups excluding tert-OH is 1. The molecule has 2 rings (SSSR count). The first-order chi connectivity index (χ1) is 6.87. The molecule has 4 nitrogen and oxygen atoms in total. The van der Waals surface area contributed by atoms with Crippen LogP contribution in [-0.4, -0.2) is 40.4 Å². The first-order valence-corrected chi connectivity index (χ1v) is 5.54. The second kappa shape index (κ2) is 3.37. The van der Waals surface area contributed by atoms with Gasteiger partial charge in [0.15, 0.2) is 0 Å². The lowest BCUT2D eigenvalue weighted by Gasteiger charge is -2.32. The molecule has 1 aliphatic carbocycles. The number of aliphatic hydroxyl groups is 1. The number of hydrogen-bond acceptors (Lipinski definition) is 3. The van der Waals surface area contributed by atoms with Crippen molar-refractivity contribution in [1.82, 2.24) is 4.90 Å². The Kier molecular flexibility index (Phi) is 2.41. The number of hydrogen-bond donors (Lipinski definition) is 1. The molecule has 1 saturated carbocycles. The molecule has 0 aromatic rings. The zero-order chi connectivity index (χ0) is 11.2. The summed E-state index contributed by atoms with van der Waals surface area (Å²) in [7, 11) is 0. The summed E-state index contributed by atoms with van der Waals surface area (Å²) < 4.78 is 5.30. The number of rotatable bonds is 0. The third-order valence-electron chi connectivity index (χ3n) is 3.08. The third kappa shape index (κ3) is 2.09. The fraction of sp³-hybridized carbons (Fsp3) is 0.909. The molecule has 1 aliphatic heterocycles. The number of ether oxygens (including phenoxy) is 1. The molecule has 86 valence electrons. The average molecular weight is 213 g/mol. The number of likely N-dealkylation sites (tertiary alicyclic amines) is 1. The zero-order valence-electron chi connectivity index (χ0n) is 9.56. The van der Waals surface area contributed by atoms with Gasteiger partial charge in [0.2, 0.25) is 0 Å². The lowest BCUT2D eigenvalue weighted by atomic mass is 10.1. The van der Waals surface area contributed by atoms with Crippen LogP contribution in [0.1, 0.15) is 33.6 Å². The van der Waals surface area contributed by atoms with Gasteiger partial charge in [-0.2, -0.15) is 0 Å². The normalized spacial score (nSPS) is 34.7. The van der Waals surface area contributed by atoms with E-state index >= 15 is 0 Å². The van der Waals surface area contributed by atoms with Crippen molar-refractivity contribution >= 4 is 6.09 Å². The largest absolute Gasteiger partial charge is 0.444 e. The van der Waals surface area contributed by atoms with Crippen molar-refractivity contribution in [3.8, 4) is 0 Å². The van der Waals surface area contributed by atoms with E-state index in [-0.39, 0.29) is 18.2 Å². The Morgan fingerprint density at radius 2 is 2.07 bits per heavy atom. The number of carbonyl (C=O) groups is 1. The van der Waals surface area contributed by atoms with E-state index in [0.29, 0.717) is 5.92 Å². The molecule has 0 radical (unpaired) electrons. The average Bonchev–Trinajstić information content (AvgIpc) is 2.58. The number of amides is 1. The molecule has 1 N–H and O–H groups in total. The maximum atomic E-state index is 11.8. The van der Waals surface area contributed by atoms with E-state index in [9.17, 15) is 9.90 Å². The van der Waals surface area contributed by atoms with Gasteiger partial charge < -0.3 is 14.7 Å². The van der Waals surface area contributed by atoms with E-state index < -0.39 is 5.60 Å². The highest BCUT2D eigenvalue weighted by Gasteiger charge is 2.47. The van der Waals surface area contributed by atoms with Crippen LogP contribution >= 0.6 is 0 Å². The van der Waals surface area contributed by atoms with Crippen LogP contribution in [-0.2, 0) is 4.74 Å². The summed E-state index contributed by atoms with van der Waals surface area (Å²) in [5.74, 6) is 0.470. The van der Waals surface area contributed by atoms with Crippen molar-refractivity contribution in [3.05, 3.63) is 0 Å². The summed E-state index contributed by atoms with van der Waals surface area (Å²) in [6.07, 6.45) is 1.13. The quantitative estimate of drug-likeness (QED) is 0.661. The Morgan fingerprint density at radius 3 is 2.53 bits per heavy atom. The van der Waals surface area contributed by atoms with E-state index in [4.69, 9.17) is 4.74 Å². The van der Waals surface area contributed by atoms with E-state index in [0.717, 1.165) is 19.4 Å². The van der Waals surface area contributed by atoms with Crippen LogP contribution in [0.25, 0.3) is 0 Å².